The van der Waals surface area contributed by atoms with Gasteiger partial charge < -0.3 is 5.32 Å². The van der Waals surface area contributed by atoms with Gasteiger partial charge in [-0.3, -0.25) is 0 Å². The third-order valence-electron chi connectivity index (χ3n) is 4.43. The van der Waals surface area contributed by atoms with Crippen molar-refractivity contribution in [1.29, 1.82) is 0 Å². The van der Waals surface area contributed by atoms with Crippen molar-refractivity contribution in [2.75, 3.05) is 0 Å². The molecule has 2 rings (SSSR count). The fourth-order valence-corrected chi connectivity index (χ4v) is 3.12. The molecule has 0 aliphatic heterocycles. The van der Waals surface area contributed by atoms with Crippen molar-refractivity contribution in [3.8, 4) is 0 Å². The van der Waals surface area contributed by atoms with Crippen LogP contribution in [0.4, 0.5) is 0 Å². The molecule has 1 fully saturated rings. The van der Waals surface area contributed by atoms with Crippen LogP contribution >= 0.6 is 0 Å². The lowest BCUT2D eigenvalue weighted by Gasteiger charge is -2.29. The van der Waals surface area contributed by atoms with E-state index >= 15 is 0 Å². The largest absolute Gasteiger partial charge is 0.305 e. The Morgan fingerprint density at radius 1 is 1.21 bits per heavy atom. The predicted molar refractivity (Wildman–Crippen MR) is 75.5 cm³/mol. The molecule has 1 aromatic rings. The minimum absolute atomic E-state index is 0.176. The molecule has 1 heterocycles. The second-order valence-corrected chi connectivity index (χ2v) is 6.93. The van der Waals surface area contributed by atoms with E-state index < -0.39 is 0 Å². The van der Waals surface area contributed by atoms with Crippen LogP contribution in [0.25, 0.3) is 0 Å². The van der Waals surface area contributed by atoms with Crippen molar-refractivity contribution < 1.29 is 0 Å². The molecule has 3 unspecified atom stereocenters. The van der Waals surface area contributed by atoms with Crippen LogP contribution in [-0.4, -0.2) is 26.7 Å². The zero-order chi connectivity index (χ0) is 13.9. The number of H-pyrrole nitrogens is 1. The Morgan fingerprint density at radius 2 is 2.00 bits per heavy atom. The second-order valence-electron chi connectivity index (χ2n) is 6.93. The molecule has 0 saturated heterocycles. The molecule has 3 atom stereocenters. The Hall–Kier alpha value is -0.970. The molecule has 0 bridgehead atoms. The third kappa shape index (κ3) is 4.00. The molecule has 1 saturated carbocycles. The lowest BCUT2D eigenvalue weighted by atomic mass is 9.76. The molecule has 5 nitrogen and oxygen atoms in total. The minimum Gasteiger partial charge on any atom is -0.305 e. The Labute approximate surface area is 115 Å². The summed E-state index contributed by atoms with van der Waals surface area (Å²) in [5.41, 5.74) is 0.439. The molecule has 19 heavy (non-hydrogen) atoms. The molecular weight excluding hydrogens is 238 g/mol. The van der Waals surface area contributed by atoms with Gasteiger partial charge in [-0.2, -0.15) is 5.21 Å². The summed E-state index contributed by atoms with van der Waals surface area (Å²) in [7, 11) is 0. The fourth-order valence-electron chi connectivity index (χ4n) is 3.12. The maximum Gasteiger partial charge on any atom is 0.191 e. The van der Waals surface area contributed by atoms with E-state index in [9.17, 15) is 0 Å². The molecule has 0 radical (unpaired) electrons. The molecule has 5 heteroatoms. The van der Waals surface area contributed by atoms with Crippen molar-refractivity contribution in [2.45, 2.75) is 71.9 Å². The van der Waals surface area contributed by atoms with Gasteiger partial charge in [0.1, 0.15) is 0 Å². The van der Waals surface area contributed by atoms with Crippen LogP contribution in [0.15, 0.2) is 0 Å². The number of aromatic nitrogens is 4. The van der Waals surface area contributed by atoms with Gasteiger partial charge >= 0.3 is 0 Å². The normalized spacial score (nSPS) is 26.9. The molecule has 0 aromatic carbocycles. The van der Waals surface area contributed by atoms with E-state index in [1.165, 1.54) is 32.1 Å². The summed E-state index contributed by atoms with van der Waals surface area (Å²) >= 11 is 0. The lowest BCUT2D eigenvalue weighted by Crippen LogP contribution is -2.32. The molecule has 108 valence electrons. The van der Waals surface area contributed by atoms with Crippen molar-refractivity contribution in [1.82, 2.24) is 25.9 Å². The smallest absolute Gasteiger partial charge is 0.191 e. The Kier molecular flexibility index (Phi) is 4.55. The van der Waals surface area contributed by atoms with Gasteiger partial charge in [0.2, 0.25) is 0 Å². The van der Waals surface area contributed by atoms with Crippen LogP contribution in [0.1, 0.15) is 71.7 Å². The molecule has 1 aliphatic carbocycles. The maximum atomic E-state index is 4.05. The van der Waals surface area contributed by atoms with E-state index in [0.717, 1.165) is 11.7 Å². The molecule has 1 aromatic heterocycles. The van der Waals surface area contributed by atoms with Gasteiger partial charge in [0.25, 0.3) is 0 Å². The van der Waals surface area contributed by atoms with Gasteiger partial charge in [-0.25, -0.2) is 0 Å². The highest BCUT2D eigenvalue weighted by atomic mass is 15.5. The van der Waals surface area contributed by atoms with Crippen LogP contribution in [-0.2, 0) is 0 Å². The van der Waals surface area contributed by atoms with Gasteiger partial charge in [0, 0.05) is 6.04 Å². The number of nitrogens with zero attached hydrogens (tertiary/aromatic N) is 3. The standard InChI is InChI=1S/C14H27N5/c1-10(13-16-18-19-17-13)15-12-7-5-6-11(8-9-12)14(2,3)4/h10-12,15H,5-9H2,1-4H3,(H,16,17,18,19). The molecule has 1 aliphatic rings. The van der Waals surface area contributed by atoms with Crippen LogP contribution in [0.5, 0.6) is 0 Å². The van der Waals surface area contributed by atoms with Crippen molar-refractivity contribution in [3.05, 3.63) is 5.82 Å². The van der Waals surface area contributed by atoms with Crippen molar-refractivity contribution in [3.63, 3.8) is 0 Å². The molecular formula is C14H27N5. The van der Waals surface area contributed by atoms with E-state index in [4.69, 9.17) is 0 Å². The van der Waals surface area contributed by atoms with Crippen molar-refractivity contribution in [2.24, 2.45) is 11.3 Å². The summed E-state index contributed by atoms with van der Waals surface area (Å²) in [4.78, 5) is 0. The van der Waals surface area contributed by atoms with Gasteiger partial charge in [-0.1, -0.05) is 32.4 Å². The summed E-state index contributed by atoms with van der Waals surface area (Å²) in [5.74, 6) is 1.61. The summed E-state index contributed by atoms with van der Waals surface area (Å²) in [5, 5.41) is 17.9. The quantitative estimate of drug-likeness (QED) is 0.825. The van der Waals surface area contributed by atoms with E-state index in [1.54, 1.807) is 0 Å². The van der Waals surface area contributed by atoms with Gasteiger partial charge in [-0.05, 0) is 43.9 Å². The highest BCUT2D eigenvalue weighted by molar-refractivity contribution is 4.89. The first kappa shape index (κ1) is 14.4. The van der Waals surface area contributed by atoms with Gasteiger partial charge in [0.15, 0.2) is 5.82 Å². The average Bonchev–Trinajstić information content (AvgIpc) is 2.75. The third-order valence-corrected chi connectivity index (χ3v) is 4.43. The Balaban J connectivity index is 1.86. The number of tetrazole rings is 1. The molecule has 0 amide bonds. The maximum absolute atomic E-state index is 4.05. The average molecular weight is 265 g/mol. The first-order chi connectivity index (χ1) is 8.97. The second kappa shape index (κ2) is 5.99. The lowest BCUT2D eigenvalue weighted by molar-refractivity contribution is 0.213. The minimum atomic E-state index is 0.176. The van der Waals surface area contributed by atoms with Crippen LogP contribution in [0.2, 0.25) is 0 Å². The fraction of sp³-hybridized carbons (Fsp3) is 0.929. The Morgan fingerprint density at radius 3 is 2.63 bits per heavy atom. The van der Waals surface area contributed by atoms with Crippen LogP contribution in [0.3, 0.4) is 0 Å². The predicted octanol–water partition coefficient (Wildman–Crippen LogP) is 2.85. The number of nitrogens with one attached hydrogen (secondary N) is 2. The van der Waals surface area contributed by atoms with Gasteiger partial charge in [0.05, 0.1) is 6.04 Å². The Bertz CT molecular complexity index is 368. The molecule has 0 spiro atoms. The number of rotatable bonds is 3. The van der Waals surface area contributed by atoms with E-state index in [-0.39, 0.29) is 6.04 Å². The topological polar surface area (TPSA) is 66.5 Å². The summed E-state index contributed by atoms with van der Waals surface area (Å²) in [6.45, 7) is 9.21. The number of hydrogen-bond donors (Lipinski definition) is 2. The SMILES string of the molecule is CC(NC1CCCC(C(C)(C)C)CC1)c1nn[nH]n1. The van der Waals surface area contributed by atoms with Crippen LogP contribution < -0.4 is 5.32 Å². The summed E-state index contributed by atoms with van der Waals surface area (Å²) in [6.07, 6.45) is 6.51. The first-order valence-corrected chi connectivity index (χ1v) is 7.46. The zero-order valence-electron chi connectivity index (χ0n) is 12.6. The van der Waals surface area contributed by atoms with E-state index in [0.29, 0.717) is 11.5 Å². The monoisotopic (exact) mass is 265 g/mol. The summed E-state index contributed by atoms with van der Waals surface area (Å²) in [6, 6.07) is 0.760. The van der Waals surface area contributed by atoms with E-state index in [2.05, 4.69) is 53.6 Å². The highest BCUT2D eigenvalue weighted by Crippen LogP contribution is 2.37. The van der Waals surface area contributed by atoms with Crippen LogP contribution in [0, 0.1) is 11.3 Å². The number of hydrogen-bond acceptors (Lipinski definition) is 4. The van der Waals surface area contributed by atoms with Crippen molar-refractivity contribution >= 4 is 0 Å². The number of aromatic amines is 1. The summed E-state index contributed by atoms with van der Waals surface area (Å²) < 4.78 is 0. The molecule has 2 N–H and O–H groups in total. The zero-order valence-corrected chi connectivity index (χ0v) is 12.6. The van der Waals surface area contributed by atoms with Gasteiger partial charge in [-0.15, -0.1) is 10.2 Å². The highest BCUT2D eigenvalue weighted by Gasteiger charge is 2.28. The van der Waals surface area contributed by atoms with E-state index in [1.807, 2.05) is 0 Å². The first-order valence-electron chi connectivity index (χ1n) is 7.46.